The van der Waals surface area contributed by atoms with Gasteiger partial charge >= 0.3 is 0 Å². The standard InChI is InChI=1S/C16H31FN2/c1-15(2,3)14-12-19(11-7-10-17)16(13-18-14)8-5-4-6-9-16/h14,18H,4-13H2,1-3H3. The second-order valence-electron chi connectivity index (χ2n) is 7.57. The minimum atomic E-state index is -0.180. The molecule has 1 unspecified atom stereocenters. The Morgan fingerprint density at radius 3 is 2.47 bits per heavy atom. The normalized spacial score (nSPS) is 28.7. The smallest absolute Gasteiger partial charge is 0.0906 e. The highest BCUT2D eigenvalue weighted by molar-refractivity contribution is 5.02. The molecule has 112 valence electrons. The van der Waals surface area contributed by atoms with Crippen LogP contribution in [0.3, 0.4) is 0 Å². The van der Waals surface area contributed by atoms with Gasteiger partial charge in [0.05, 0.1) is 6.67 Å². The van der Waals surface area contributed by atoms with Gasteiger partial charge in [-0.25, -0.2) is 0 Å². The molecule has 1 N–H and O–H groups in total. The number of nitrogens with one attached hydrogen (secondary N) is 1. The lowest BCUT2D eigenvalue weighted by atomic mass is 9.75. The maximum absolute atomic E-state index is 12.6. The first-order valence-corrected chi connectivity index (χ1v) is 8.02. The molecule has 0 aromatic carbocycles. The molecule has 2 aliphatic rings. The molecule has 0 aromatic heterocycles. The van der Waals surface area contributed by atoms with Gasteiger partial charge in [0.15, 0.2) is 0 Å². The molecule has 2 nitrogen and oxygen atoms in total. The van der Waals surface area contributed by atoms with E-state index in [9.17, 15) is 4.39 Å². The number of halogens is 1. The van der Waals surface area contributed by atoms with Crippen LogP contribution in [0.15, 0.2) is 0 Å². The van der Waals surface area contributed by atoms with Crippen molar-refractivity contribution in [2.75, 3.05) is 26.3 Å². The van der Waals surface area contributed by atoms with E-state index in [4.69, 9.17) is 0 Å². The molecular formula is C16H31FN2. The van der Waals surface area contributed by atoms with Crippen molar-refractivity contribution < 1.29 is 4.39 Å². The van der Waals surface area contributed by atoms with E-state index in [-0.39, 0.29) is 12.1 Å². The zero-order valence-electron chi connectivity index (χ0n) is 13.0. The largest absolute Gasteiger partial charge is 0.310 e. The average Bonchev–Trinajstić information content (AvgIpc) is 2.37. The summed E-state index contributed by atoms with van der Waals surface area (Å²) in [6, 6.07) is 0.527. The lowest BCUT2D eigenvalue weighted by Gasteiger charge is -2.54. The van der Waals surface area contributed by atoms with E-state index in [1.54, 1.807) is 0 Å². The molecule has 1 heterocycles. The van der Waals surface area contributed by atoms with E-state index in [0.29, 0.717) is 18.0 Å². The predicted octanol–water partition coefficient (Wildman–Crippen LogP) is 3.37. The van der Waals surface area contributed by atoms with Gasteiger partial charge in [0.1, 0.15) is 0 Å². The molecule has 1 aliphatic heterocycles. The first-order valence-electron chi connectivity index (χ1n) is 8.02. The molecule has 0 bridgehead atoms. The maximum Gasteiger partial charge on any atom is 0.0906 e. The van der Waals surface area contributed by atoms with Crippen molar-refractivity contribution in [1.82, 2.24) is 10.2 Å². The summed E-state index contributed by atoms with van der Waals surface area (Å²) in [5, 5.41) is 3.79. The monoisotopic (exact) mass is 270 g/mol. The molecule has 1 saturated heterocycles. The van der Waals surface area contributed by atoms with Crippen LogP contribution in [0.2, 0.25) is 0 Å². The zero-order chi connectivity index (χ0) is 13.9. The molecule has 0 radical (unpaired) electrons. The minimum Gasteiger partial charge on any atom is -0.310 e. The Bertz CT molecular complexity index is 279. The third kappa shape index (κ3) is 3.49. The number of piperazine rings is 1. The highest BCUT2D eigenvalue weighted by atomic mass is 19.1. The predicted molar refractivity (Wildman–Crippen MR) is 79.2 cm³/mol. The number of hydrogen-bond donors (Lipinski definition) is 1. The van der Waals surface area contributed by atoms with Gasteiger partial charge < -0.3 is 5.32 Å². The van der Waals surface area contributed by atoms with Gasteiger partial charge in [0.2, 0.25) is 0 Å². The number of alkyl halides is 1. The Morgan fingerprint density at radius 2 is 1.89 bits per heavy atom. The Labute approximate surface area is 118 Å². The SMILES string of the molecule is CC(C)(C)C1CN(CCCF)C2(CCCCC2)CN1. The lowest BCUT2D eigenvalue weighted by molar-refractivity contribution is -0.0115. The van der Waals surface area contributed by atoms with Crippen molar-refractivity contribution in [3.8, 4) is 0 Å². The molecule has 2 rings (SSSR count). The Balaban J connectivity index is 2.07. The summed E-state index contributed by atoms with van der Waals surface area (Å²) in [7, 11) is 0. The van der Waals surface area contributed by atoms with Crippen molar-refractivity contribution in [1.29, 1.82) is 0 Å². The summed E-state index contributed by atoms with van der Waals surface area (Å²) in [5.41, 5.74) is 0.611. The minimum absolute atomic E-state index is 0.180. The molecule has 1 aliphatic carbocycles. The van der Waals surface area contributed by atoms with Gasteiger partial charge in [-0.1, -0.05) is 40.0 Å². The van der Waals surface area contributed by atoms with E-state index >= 15 is 0 Å². The van der Waals surface area contributed by atoms with E-state index in [0.717, 1.165) is 19.6 Å². The molecule has 1 atom stereocenters. The molecule has 1 saturated carbocycles. The van der Waals surface area contributed by atoms with Gasteiger partial charge in [0, 0.05) is 31.2 Å². The van der Waals surface area contributed by atoms with Gasteiger partial charge in [-0.15, -0.1) is 0 Å². The van der Waals surface area contributed by atoms with Crippen LogP contribution in [0.4, 0.5) is 4.39 Å². The van der Waals surface area contributed by atoms with E-state index in [1.165, 1.54) is 32.1 Å². The molecule has 1 spiro atoms. The number of rotatable bonds is 3. The van der Waals surface area contributed by atoms with Crippen LogP contribution in [-0.2, 0) is 0 Å². The van der Waals surface area contributed by atoms with Gasteiger partial charge in [-0.2, -0.15) is 0 Å². The zero-order valence-corrected chi connectivity index (χ0v) is 13.0. The van der Waals surface area contributed by atoms with E-state index < -0.39 is 0 Å². The summed E-state index contributed by atoms with van der Waals surface area (Å²) in [5.74, 6) is 0. The van der Waals surface area contributed by atoms with E-state index in [2.05, 4.69) is 31.0 Å². The summed E-state index contributed by atoms with van der Waals surface area (Å²) in [6.07, 6.45) is 7.34. The first kappa shape index (κ1) is 15.2. The van der Waals surface area contributed by atoms with Crippen LogP contribution in [0.25, 0.3) is 0 Å². The van der Waals surface area contributed by atoms with Crippen molar-refractivity contribution in [2.45, 2.75) is 70.9 Å². The first-order chi connectivity index (χ1) is 8.98. The second kappa shape index (κ2) is 6.09. The van der Waals surface area contributed by atoms with Gasteiger partial charge in [0.25, 0.3) is 0 Å². The van der Waals surface area contributed by atoms with E-state index in [1.807, 2.05) is 0 Å². The fourth-order valence-corrected chi connectivity index (χ4v) is 3.77. The van der Waals surface area contributed by atoms with Crippen molar-refractivity contribution in [3.05, 3.63) is 0 Å². The fraction of sp³-hybridized carbons (Fsp3) is 1.00. The molecular weight excluding hydrogens is 239 g/mol. The maximum atomic E-state index is 12.6. The van der Waals surface area contributed by atoms with Crippen LogP contribution in [0.5, 0.6) is 0 Å². The Hall–Kier alpha value is -0.150. The summed E-state index contributed by atoms with van der Waals surface area (Å²) >= 11 is 0. The van der Waals surface area contributed by atoms with Crippen molar-refractivity contribution >= 4 is 0 Å². The second-order valence-corrected chi connectivity index (χ2v) is 7.57. The summed E-state index contributed by atoms with van der Waals surface area (Å²) < 4.78 is 12.6. The van der Waals surface area contributed by atoms with Crippen LogP contribution in [-0.4, -0.2) is 42.8 Å². The lowest BCUT2D eigenvalue weighted by Crippen LogP contribution is -2.67. The fourth-order valence-electron chi connectivity index (χ4n) is 3.77. The topological polar surface area (TPSA) is 15.3 Å². The molecule has 2 fully saturated rings. The highest BCUT2D eigenvalue weighted by Gasteiger charge is 2.43. The molecule has 19 heavy (non-hydrogen) atoms. The average molecular weight is 270 g/mol. The quantitative estimate of drug-likeness (QED) is 0.846. The summed E-state index contributed by atoms with van der Waals surface area (Å²) in [4.78, 5) is 2.62. The molecule has 0 amide bonds. The van der Waals surface area contributed by atoms with Crippen LogP contribution in [0.1, 0.15) is 59.3 Å². The third-order valence-electron chi connectivity index (χ3n) is 5.14. The highest BCUT2D eigenvalue weighted by Crippen LogP contribution is 2.37. The van der Waals surface area contributed by atoms with Crippen molar-refractivity contribution in [3.63, 3.8) is 0 Å². The molecule has 0 aromatic rings. The van der Waals surface area contributed by atoms with Crippen LogP contribution >= 0.6 is 0 Å². The third-order valence-corrected chi connectivity index (χ3v) is 5.14. The summed E-state index contributed by atoms with van der Waals surface area (Å²) in [6.45, 7) is 9.85. The van der Waals surface area contributed by atoms with Gasteiger partial charge in [-0.05, 0) is 24.7 Å². The Kier molecular flexibility index (Phi) is 4.88. The van der Waals surface area contributed by atoms with Crippen LogP contribution in [0, 0.1) is 5.41 Å². The number of hydrogen-bond acceptors (Lipinski definition) is 2. The van der Waals surface area contributed by atoms with Crippen LogP contribution < -0.4 is 5.32 Å². The van der Waals surface area contributed by atoms with Gasteiger partial charge in [-0.3, -0.25) is 9.29 Å². The Morgan fingerprint density at radius 1 is 1.21 bits per heavy atom. The van der Waals surface area contributed by atoms with Crippen molar-refractivity contribution in [2.24, 2.45) is 5.41 Å². The molecule has 3 heteroatoms. The number of nitrogens with zero attached hydrogens (tertiary/aromatic N) is 1.